The number of carboxylic acid groups (broad SMARTS) is 1. The van der Waals surface area contributed by atoms with Crippen LogP contribution in [-0.4, -0.2) is 37.9 Å². The molecule has 9 heteroatoms. The van der Waals surface area contributed by atoms with Crippen LogP contribution in [0.25, 0.3) is 11.1 Å². The van der Waals surface area contributed by atoms with Crippen molar-refractivity contribution in [1.82, 2.24) is 14.8 Å². The van der Waals surface area contributed by atoms with Crippen molar-refractivity contribution in [2.75, 3.05) is 9.80 Å². The second-order valence-electron chi connectivity index (χ2n) is 8.31. The molecule has 2 aliphatic rings. The standard InChI is InChI=1S/C23H22FN5O3/c1-13-22(16-7-18(24)11-25-9-16)29(23(31)32)21-8-15(3-6-20(21)28(13)14(2)30)17-10-26-27(12-17)19-4-5-19/h3,6-13,19,22H,4-5H2,1-2H3,(H,31,32)/t13-,22?/m0/s1. The number of rotatable bonds is 3. The molecule has 0 bridgehead atoms. The quantitative estimate of drug-likeness (QED) is 0.658. The number of carbonyl (C=O) groups excluding carboxylic acids is 1. The van der Waals surface area contributed by atoms with Gasteiger partial charge in [-0.2, -0.15) is 5.10 Å². The van der Waals surface area contributed by atoms with E-state index in [1.807, 2.05) is 16.9 Å². The van der Waals surface area contributed by atoms with Crippen molar-refractivity contribution < 1.29 is 19.1 Å². The van der Waals surface area contributed by atoms with Gasteiger partial charge in [0.2, 0.25) is 5.91 Å². The Morgan fingerprint density at radius 3 is 2.50 bits per heavy atom. The molecule has 3 aromatic rings. The van der Waals surface area contributed by atoms with Crippen molar-refractivity contribution in [3.8, 4) is 11.1 Å². The summed E-state index contributed by atoms with van der Waals surface area (Å²) >= 11 is 0. The van der Waals surface area contributed by atoms with E-state index in [1.54, 1.807) is 30.2 Å². The molecule has 32 heavy (non-hydrogen) atoms. The summed E-state index contributed by atoms with van der Waals surface area (Å²) in [5, 5.41) is 14.6. The van der Waals surface area contributed by atoms with Crippen LogP contribution >= 0.6 is 0 Å². The fourth-order valence-electron chi connectivity index (χ4n) is 4.55. The number of hydrogen-bond acceptors (Lipinski definition) is 4. The minimum Gasteiger partial charge on any atom is -0.465 e. The molecule has 1 fully saturated rings. The van der Waals surface area contributed by atoms with Crippen LogP contribution in [0.2, 0.25) is 0 Å². The van der Waals surface area contributed by atoms with Crippen LogP contribution < -0.4 is 9.80 Å². The zero-order chi connectivity index (χ0) is 22.6. The minimum absolute atomic E-state index is 0.229. The Hall–Kier alpha value is -3.75. The number of carbonyl (C=O) groups is 2. The molecule has 8 nitrogen and oxygen atoms in total. The number of amides is 2. The number of nitrogens with zero attached hydrogens (tertiary/aromatic N) is 5. The monoisotopic (exact) mass is 435 g/mol. The lowest BCUT2D eigenvalue weighted by molar-refractivity contribution is -0.117. The normalized spacial score (nSPS) is 20.2. The summed E-state index contributed by atoms with van der Waals surface area (Å²) in [6.45, 7) is 3.19. The Bertz CT molecular complexity index is 1220. The van der Waals surface area contributed by atoms with Gasteiger partial charge < -0.3 is 10.0 Å². The van der Waals surface area contributed by atoms with E-state index in [-0.39, 0.29) is 5.91 Å². The SMILES string of the molecule is CC(=O)N1c2ccc(-c3cnn(C4CC4)c3)cc2N(C(=O)O)C(c2cncc(F)c2)[C@@H]1C. The maximum absolute atomic E-state index is 14.0. The molecule has 2 atom stereocenters. The molecule has 1 aliphatic carbocycles. The van der Waals surface area contributed by atoms with E-state index in [4.69, 9.17) is 0 Å². The zero-order valence-electron chi connectivity index (χ0n) is 17.6. The fraction of sp³-hybridized carbons (Fsp3) is 0.304. The van der Waals surface area contributed by atoms with Crippen LogP contribution in [0.5, 0.6) is 0 Å². The van der Waals surface area contributed by atoms with Gasteiger partial charge in [-0.05, 0) is 49.1 Å². The van der Waals surface area contributed by atoms with Crippen molar-refractivity contribution >= 4 is 23.4 Å². The third kappa shape index (κ3) is 3.30. The highest BCUT2D eigenvalue weighted by Crippen LogP contribution is 2.46. The number of aromatic nitrogens is 3. The van der Waals surface area contributed by atoms with Gasteiger partial charge in [-0.3, -0.25) is 19.4 Å². The molecular weight excluding hydrogens is 413 g/mol. The predicted octanol–water partition coefficient (Wildman–Crippen LogP) is 4.40. The highest BCUT2D eigenvalue weighted by atomic mass is 19.1. The lowest BCUT2D eigenvalue weighted by Gasteiger charge is -2.45. The summed E-state index contributed by atoms with van der Waals surface area (Å²) in [6.07, 6.45) is 7.22. The van der Waals surface area contributed by atoms with Gasteiger partial charge in [0.05, 0.1) is 41.9 Å². The van der Waals surface area contributed by atoms with E-state index >= 15 is 0 Å². The van der Waals surface area contributed by atoms with Gasteiger partial charge in [0, 0.05) is 24.9 Å². The molecular formula is C23H22FN5O3. The van der Waals surface area contributed by atoms with Crippen molar-refractivity contribution in [1.29, 1.82) is 0 Å². The first-order chi connectivity index (χ1) is 15.3. The first-order valence-corrected chi connectivity index (χ1v) is 10.5. The zero-order valence-corrected chi connectivity index (χ0v) is 17.6. The van der Waals surface area contributed by atoms with Crippen LogP contribution in [-0.2, 0) is 4.79 Å². The highest BCUT2D eigenvalue weighted by Gasteiger charge is 2.43. The molecule has 1 aromatic carbocycles. The average Bonchev–Trinajstić information content (AvgIpc) is 3.48. The number of halogens is 1. The lowest BCUT2D eigenvalue weighted by Crippen LogP contribution is -2.53. The molecule has 2 aromatic heterocycles. The maximum atomic E-state index is 14.0. The Morgan fingerprint density at radius 1 is 1.06 bits per heavy atom. The Morgan fingerprint density at radius 2 is 1.84 bits per heavy atom. The summed E-state index contributed by atoms with van der Waals surface area (Å²) in [4.78, 5) is 31.7. The van der Waals surface area contributed by atoms with Crippen molar-refractivity contribution in [2.24, 2.45) is 0 Å². The second-order valence-corrected chi connectivity index (χ2v) is 8.31. The van der Waals surface area contributed by atoms with E-state index in [1.165, 1.54) is 24.1 Å². The van der Waals surface area contributed by atoms with E-state index in [9.17, 15) is 19.1 Å². The summed E-state index contributed by atoms with van der Waals surface area (Å²) in [5.74, 6) is -0.797. The maximum Gasteiger partial charge on any atom is 0.412 e. The van der Waals surface area contributed by atoms with Crippen molar-refractivity contribution in [3.63, 3.8) is 0 Å². The first kappa shape index (κ1) is 20.2. The number of benzene rings is 1. The molecule has 0 spiro atoms. The largest absolute Gasteiger partial charge is 0.465 e. The van der Waals surface area contributed by atoms with Crippen LogP contribution in [0.15, 0.2) is 49.1 Å². The molecule has 164 valence electrons. The van der Waals surface area contributed by atoms with Gasteiger partial charge in [0.25, 0.3) is 0 Å². The third-order valence-corrected chi connectivity index (χ3v) is 6.11. The third-order valence-electron chi connectivity index (χ3n) is 6.11. The van der Waals surface area contributed by atoms with Gasteiger partial charge in [0.1, 0.15) is 5.82 Å². The van der Waals surface area contributed by atoms with E-state index < -0.39 is 24.0 Å². The predicted molar refractivity (Wildman–Crippen MR) is 116 cm³/mol. The average molecular weight is 435 g/mol. The molecule has 1 saturated carbocycles. The van der Waals surface area contributed by atoms with Crippen molar-refractivity contribution in [3.05, 3.63) is 60.4 Å². The van der Waals surface area contributed by atoms with Gasteiger partial charge in [-0.1, -0.05) is 6.07 Å². The van der Waals surface area contributed by atoms with Gasteiger partial charge in [-0.15, -0.1) is 0 Å². The van der Waals surface area contributed by atoms with E-state index in [2.05, 4.69) is 10.1 Å². The van der Waals surface area contributed by atoms with E-state index in [0.29, 0.717) is 23.0 Å². The summed E-state index contributed by atoms with van der Waals surface area (Å²) in [6, 6.07) is 5.67. The smallest absolute Gasteiger partial charge is 0.412 e. The van der Waals surface area contributed by atoms with Crippen LogP contribution in [0.1, 0.15) is 44.3 Å². The molecule has 1 N–H and O–H groups in total. The molecule has 0 saturated heterocycles. The molecule has 0 radical (unpaired) electrons. The fourth-order valence-corrected chi connectivity index (χ4v) is 4.55. The highest BCUT2D eigenvalue weighted by molar-refractivity contribution is 6.03. The number of hydrogen-bond donors (Lipinski definition) is 1. The van der Waals surface area contributed by atoms with Gasteiger partial charge in [0.15, 0.2) is 0 Å². The second kappa shape index (κ2) is 7.44. The number of anilines is 2. The Kier molecular flexibility index (Phi) is 4.69. The van der Waals surface area contributed by atoms with E-state index in [0.717, 1.165) is 30.2 Å². The van der Waals surface area contributed by atoms with Crippen LogP contribution in [0.4, 0.5) is 20.6 Å². The van der Waals surface area contributed by atoms with Crippen LogP contribution in [0, 0.1) is 5.82 Å². The topological polar surface area (TPSA) is 91.6 Å². The molecule has 2 amide bonds. The molecule has 5 rings (SSSR count). The molecule has 1 aliphatic heterocycles. The Balaban J connectivity index is 1.67. The van der Waals surface area contributed by atoms with Gasteiger partial charge in [-0.25, -0.2) is 9.18 Å². The molecule has 1 unspecified atom stereocenters. The van der Waals surface area contributed by atoms with Crippen LogP contribution in [0.3, 0.4) is 0 Å². The number of fused-ring (bicyclic) bond motifs is 1. The first-order valence-electron chi connectivity index (χ1n) is 10.5. The minimum atomic E-state index is -1.19. The van der Waals surface area contributed by atoms with Crippen molar-refractivity contribution in [2.45, 2.75) is 44.8 Å². The Labute approximate surface area is 183 Å². The van der Waals surface area contributed by atoms with Gasteiger partial charge >= 0.3 is 6.09 Å². The lowest BCUT2D eigenvalue weighted by atomic mass is 9.93. The summed E-state index contributed by atoms with van der Waals surface area (Å²) in [5.41, 5.74) is 2.88. The summed E-state index contributed by atoms with van der Waals surface area (Å²) in [7, 11) is 0. The number of pyridine rings is 1. The summed E-state index contributed by atoms with van der Waals surface area (Å²) < 4.78 is 15.9. The molecule has 3 heterocycles.